The number of H-pyrrole nitrogens is 1. The molecule has 0 saturated carbocycles. The van der Waals surface area contributed by atoms with Gasteiger partial charge in [0.15, 0.2) is 4.21 Å². The van der Waals surface area contributed by atoms with E-state index < -0.39 is 22.0 Å². The Balaban J connectivity index is 1.65. The zero-order chi connectivity index (χ0) is 22.9. The van der Waals surface area contributed by atoms with Gasteiger partial charge in [0.1, 0.15) is 6.04 Å². The second-order valence-corrected chi connectivity index (χ2v) is 10.4. The first-order chi connectivity index (χ1) is 15.3. The highest BCUT2D eigenvalue weighted by atomic mass is 32.2. The number of sulfonamides is 1. The van der Waals surface area contributed by atoms with Crippen LogP contribution in [0.15, 0.2) is 65.0 Å². The molecule has 2 aromatic carbocycles. The minimum absolute atomic E-state index is 0.0137. The Morgan fingerprint density at radius 1 is 1.22 bits per heavy atom. The predicted octanol–water partition coefficient (Wildman–Crippen LogP) is 4.16. The normalized spacial score (nSPS) is 12.5. The molecule has 0 aliphatic heterocycles. The average Bonchev–Trinajstić information content (AvgIpc) is 3.39. The number of aromatic amines is 1. The van der Waals surface area contributed by atoms with Crippen molar-refractivity contribution >= 4 is 38.2 Å². The molecule has 3 N–H and O–H groups in total. The lowest BCUT2D eigenvalue weighted by Crippen LogP contribution is -2.42. The number of carbonyl (C=O) groups is 1. The number of para-hydroxylation sites is 1. The number of carboxylic acids is 1. The van der Waals surface area contributed by atoms with E-state index in [2.05, 4.69) is 15.6 Å². The molecule has 162 valence electrons. The van der Waals surface area contributed by atoms with Crippen LogP contribution < -0.4 is 4.72 Å². The molecule has 1 unspecified atom stereocenters. The number of benzene rings is 2. The van der Waals surface area contributed by atoms with Crippen LogP contribution in [-0.4, -0.2) is 30.5 Å². The van der Waals surface area contributed by atoms with Gasteiger partial charge in [-0.15, -0.1) is 17.8 Å². The molecule has 2 heterocycles. The number of carboxylic acid groups (broad SMARTS) is 1. The lowest BCUT2D eigenvalue weighted by atomic mass is 10.1. The first kappa shape index (κ1) is 21.8. The fourth-order valence-corrected chi connectivity index (χ4v) is 6.26. The molecular weight excluding hydrogens is 444 g/mol. The summed E-state index contributed by atoms with van der Waals surface area (Å²) in [6, 6.07) is 15.4. The molecule has 4 aromatic rings. The van der Waals surface area contributed by atoms with E-state index in [9.17, 15) is 18.3 Å². The van der Waals surface area contributed by atoms with Gasteiger partial charge in [0.25, 0.3) is 10.0 Å². The molecule has 0 bridgehead atoms. The monoisotopic (exact) mass is 464 g/mol. The maximum absolute atomic E-state index is 13.2. The minimum atomic E-state index is -4.16. The SMILES string of the molecule is C#Cc1cc(-c2ccc(C)cc2)sc1S(=O)(=O)NC(Cc1c[nH]c2ccccc12)C(=O)O. The number of thiophene rings is 1. The number of aromatic nitrogens is 1. The molecule has 0 aliphatic rings. The summed E-state index contributed by atoms with van der Waals surface area (Å²) in [5, 5.41) is 10.6. The van der Waals surface area contributed by atoms with Gasteiger partial charge >= 0.3 is 5.97 Å². The summed E-state index contributed by atoms with van der Waals surface area (Å²) in [6.07, 6.45) is 7.25. The predicted molar refractivity (Wildman–Crippen MR) is 126 cm³/mol. The zero-order valence-corrected chi connectivity index (χ0v) is 18.8. The van der Waals surface area contributed by atoms with Crippen molar-refractivity contribution in [2.24, 2.45) is 0 Å². The zero-order valence-electron chi connectivity index (χ0n) is 17.1. The Bertz CT molecular complexity index is 1440. The molecule has 32 heavy (non-hydrogen) atoms. The van der Waals surface area contributed by atoms with Crippen molar-refractivity contribution in [2.75, 3.05) is 0 Å². The topological polar surface area (TPSA) is 99.3 Å². The molecule has 8 heteroatoms. The largest absolute Gasteiger partial charge is 0.480 e. The highest BCUT2D eigenvalue weighted by Crippen LogP contribution is 2.34. The van der Waals surface area contributed by atoms with Crippen molar-refractivity contribution in [3.63, 3.8) is 0 Å². The maximum Gasteiger partial charge on any atom is 0.322 e. The highest BCUT2D eigenvalue weighted by molar-refractivity contribution is 7.91. The quantitative estimate of drug-likeness (QED) is 0.358. The standard InChI is InChI=1S/C24H20N2O4S2/c1-3-16-13-22(17-10-8-15(2)9-11-17)31-24(16)32(29,30)26-21(23(27)28)12-18-14-25-20-7-5-4-6-19(18)20/h1,4-11,13-14,21,25-26H,12H2,2H3,(H,27,28). The molecule has 0 saturated heterocycles. The Hall–Kier alpha value is -3.38. The van der Waals surface area contributed by atoms with Gasteiger partial charge in [-0.2, -0.15) is 4.72 Å². The van der Waals surface area contributed by atoms with Gasteiger partial charge in [0.05, 0.1) is 5.56 Å². The van der Waals surface area contributed by atoms with Crippen LogP contribution in [0.2, 0.25) is 0 Å². The molecule has 2 aromatic heterocycles. The molecule has 1 atom stereocenters. The van der Waals surface area contributed by atoms with Crippen LogP contribution in [0.4, 0.5) is 0 Å². The van der Waals surface area contributed by atoms with Gasteiger partial charge in [-0.3, -0.25) is 4.79 Å². The van der Waals surface area contributed by atoms with Crippen LogP contribution in [0.5, 0.6) is 0 Å². The fraction of sp³-hybridized carbons (Fsp3) is 0.125. The molecule has 0 spiro atoms. The van der Waals surface area contributed by atoms with Gasteiger partial charge in [0.2, 0.25) is 0 Å². The van der Waals surface area contributed by atoms with Crippen molar-refractivity contribution in [1.82, 2.24) is 9.71 Å². The number of terminal acetylenes is 1. The van der Waals surface area contributed by atoms with Crippen LogP contribution in [0.3, 0.4) is 0 Å². The van der Waals surface area contributed by atoms with E-state index in [0.717, 1.165) is 33.4 Å². The van der Waals surface area contributed by atoms with E-state index in [4.69, 9.17) is 6.42 Å². The second kappa shape index (κ2) is 8.63. The van der Waals surface area contributed by atoms with Gasteiger partial charge in [0, 0.05) is 28.4 Å². The van der Waals surface area contributed by atoms with Crippen molar-refractivity contribution in [3.05, 3.63) is 77.5 Å². The third-order valence-electron chi connectivity index (χ3n) is 5.13. The Labute approximate surface area is 190 Å². The Kier molecular flexibility index (Phi) is 5.89. The van der Waals surface area contributed by atoms with Crippen molar-refractivity contribution in [2.45, 2.75) is 23.6 Å². The van der Waals surface area contributed by atoms with E-state index >= 15 is 0 Å². The summed E-state index contributed by atoms with van der Waals surface area (Å²) in [5.74, 6) is 1.15. The van der Waals surface area contributed by atoms with Gasteiger partial charge in [-0.25, -0.2) is 8.42 Å². The molecule has 0 aliphatic carbocycles. The summed E-state index contributed by atoms with van der Waals surface area (Å²) in [7, 11) is -4.16. The number of aryl methyl sites for hydroxylation is 1. The summed E-state index contributed by atoms with van der Waals surface area (Å²) in [5.41, 5.74) is 3.68. The first-order valence-electron chi connectivity index (χ1n) is 9.76. The third-order valence-corrected chi connectivity index (χ3v) is 8.32. The van der Waals surface area contributed by atoms with Crippen LogP contribution in [0, 0.1) is 19.3 Å². The lowest BCUT2D eigenvalue weighted by molar-refractivity contribution is -0.138. The maximum atomic E-state index is 13.2. The van der Waals surface area contributed by atoms with E-state index in [1.165, 1.54) is 0 Å². The number of aliphatic carboxylic acids is 1. The Morgan fingerprint density at radius 3 is 2.62 bits per heavy atom. The van der Waals surface area contributed by atoms with Crippen LogP contribution in [0.25, 0.3) is 21.3 Å². The van der Waals surface area contributed by atoms with E-state index in [-0.39, 0.29) is 16.2 Å². The van der Waals surface area contributed by atoms with Crippen molar-refractivity contribution < 1.29 is 18.3 Å². The average molecular weight is 465 g/mol. The molecule has 0 fully saturated rings. The minimum Gasteiger partial charge on any atom is -0.480 e. The van der Waals surface area contributed by atoms with E-state index in [0.29, 0.717) is 10.4 Å². The number of hydrogen-bond donors (Lipinski definition) is 3. The summed E-state index contributed by atoms with van der Waals surface area (Å²) in [6.45, 7) is 1.96. The fourth-order valence-electron chi connectivity index (χ4n) is 3.48. The summed E-state index contributed by atoms with van der Waals surface area (Å²) >= 11 is 1.02. The number of fused-ring (bicyclic) bond motifs is 1. The van der Waals surface area contributed by atoms with Crippen molar-refractivity contribution in [1.29, 1.82) is 0 Å². The summed E-state index contributed by atoms with van der Waals surface area (Å²) in [4.78, 5) is 15.7. The second-order valence-electron chi connectivity index (χ2n) is 7.40. The number of rotatable bonds is 7. The third kappa shape index (κ3) is 4.32. The van der Waals surface area contributed by atoms with Crippen LogP contribution in [0.1, 0.15) is 16.7 Å². The highest BCUT2D eigenvalue weighted by Gasteiger charge is 2.29. The molecule has 0 radical (unpaired) electrons. The van der Waals surface area contributed by atoms with Gasteiger partial charge in [-0.1, -0.05) is 53.9 Å². The van der Waals surface area contributed by atoms with E-state index in [1.54, 1.807) is 12.3 Å². The van der Waals surface area contributed by atoms with Crippen molar-refractivity contribution in [3.8, 4) is 22.8 Å². The molecule has 4 rings (SSSR count). The van der Waals surface area contributed by atoms with E-state index in [1.807, 2.05) is 55.5 Å². The molecule has 0 amide bonds. The molecular formula is C24H20N2O4S2. The Morgan fingerprint density at radius 2 is 1.94 bits per heavy atom. The van der Waals surface area contributed by atoms with Crippen LogP contribution in [-0.2, 0) is 21.2 Å². The molecule has 6 nitrogen and oxygen atoms in total. The summed E-state index contributed by atoms with van der Waals surface area (Å²) < 4.78 is 28.6. The number of nitrogens with one attached hydrogen (secondary N) is 2. The van der Waals surface area contributed by atoms with Gasteiger partial charge in [-0.05, 0) is 30.2 Å². The van der Waals surface area contributed by atoms with Gasteiger partial charge < -0.3 is 10.1 Å². The lowest BCUT2D eigenvalue weighted by Gasteiger charge is -2.14. The van der Waals surface area contributed by atoms with Crippen LogP contribution >= 0.6 is 11.3 Å². The first-order valence-corrected chi connectivity index (χ1v) is 12.1. The smallest absolute Gasteiger partial charge is 0.322 e. The number of hydrogen-bond acceptors (Lipinski definition) is 4.